The van der Waals surface area contributed by atoms with E-state index in [4.69, 9.17) is 5.11 Å². The molecule has 0 bridgehead atoms. The molecule has 0 radical (unpaired) electrons. The molecule has 174 valence electrons. The normalized spacial score (nSPS) is 20.3. The van der Waals surface area contributed by atoms with Gasteiger partial charge >= 0.3 is 18.3 Å². The van der Waals surface area contributed by atoms with E-state index < -0.39 is 35.0 Å². The van der Waals surface area contributed by atoms with Gasteiger partial charge in [0.25, 0.3) is 0 Å². The molecule has 0 spiro atoms. The summed E-state index contributed by atoms with van der Waals surface area (Å²) in [6, 6.07) is 10.4. The zero-order chi connectivity index (χ0) is 23.5. The van der Waals surface area contributed by atoms with Crippen LogP contribution in [0.15, 0.2) is 48.5 Å². The van der Waals surface area contributed by atoms with Crippen LogP contribution in [-0.4, -0.2) is 28.6 Å². The fourth-order valence-corrected chi connectivity index (χ4v) is 4.32. The van der Waals surface area contributed by atoms with E-state index in [-0.39, 0.29) is 24.9 Å². The number of alkyl halides is 6. The molecule has 2 aromatic rings. The number of rotatable bonds is 6. The van der Waals surface area contributed by atoms with Gasteiger partial charge in [0.15, 0.2) is 0 Å². The van der Waals surface area contributed by atoms with E-state index >= 15 is 0 Å². The average molecular weight is 459 g/mol. The van der Waals surface area contributed by atoms with Crippen molar-refractivity contribution in [1.29, 1.82) is 0 Å². The summed E-state index contributed by atoms with van der Waals surface area (Å²) >= 11 is 0. The lowest BCUT2D eigenvalue weighted by Crippen LogP contribution is -2.44. The van der Waals surface area contributed by atoms with E-state index in [9.17, 15) is 31.1 Å². The minimum atomic E-state index is -4.78. The highest BCUT2D eigenvalue weighted by Gasteiger charge is 2.38. The predicted octanol–water partition coefficient (Wildman–Crippen LogP) is 6.02. The van der Waals surface area contributed by atoms with Crippen LogP contribution in [0.2, 0.25) is 0 Å². The van der Waals surface area contributed by atoms with Gasteiger partial charge in [-0.25, -0.2) is 0 Å². The zero-order valence-electron chi connectivity index (χ0n) is 17.1. The first-order chi connectivity index (χ1) is 14.9. The van der Waals surface area contributed by atoms with Crippen LogP contribution in [0, 0.1) is 5.92 Å². The number of carbonyl (C=O) groups is 1. The Bertz CT molecular complexity index is 926. The molecule has 2 aromatic carbocycles. The van der Waals surface area contributed by atoms with E-state index in [1.807, 2.05) is 30.3 Å². The summed E-state index contributed by atoms with van der Waals surface area (Å²) in [5.41, 5.74) is -1.71. The quantitative estimate of drug-likeness (QED) is 0.537. The van der Waals surface area contributed by atoms with Gasteiger partial charge in [0.2, 0.25) is 0 Å². The highest BCUT2D eigenvalue weighted by Crippen LogP contribution is 2.38. The molecule has 9 heteroatoms. The van der Waals surface area contributed by atoms with E-state index in [1.54, 1.807) is 4.90 Å². The molecule has 1 fully saturated rings. The molecule has 1 saturated heterocycles. The van der Waals surface area contributed by atoms with Crippen LogP contribution in [0.1, 0.15) is 41.5 Å². The maximum Gasteiger partial charge on any atom is 0.416 e. The summed E-state index contributed by atoms with van der Waals surface area (Å²) in [6.45, 7) is 0.0129. The van der Waals surface area contributed by atoms with Gasteiger partial charge in [-0.1, -0.05) is 30.3 Å². The van der Waals surface area contributed by atoms with Gasteiger partial charge in [-0.05, 0) is 61.1 Å². The molecular formula is C23H23F6NO2. The first kappa shape index (κ1) is 24.1. The molecule has 32 heavy (non-hydrogen) atoms. The second-order valence-electron chi connectivity index (χ2n) is 8.17. The molecule has 2 atom stereocenters. The van der Waals surface area contributed by atoms with Crippen LogP contribution >= 0.6 is 0 Å². The summed E-state index contributed by atoms with van der Waals surface area (Å²) in [4.78, 5) is 12.9. The number of aliphatic carboxylic acids is 1. The lowest BCUT2D eigenvalue weighted by Gasteiger charge is -2.40. The molecule has 0 saturated carbocycles. The SMILES string of the molecule is O=C(O)C[C@H]1CCN(Cc2cc(C(F)(F)F)ccc2C(F)(F)F)C(Cc2ccccc2)C1. The Kier molecular flexibility index (Phi) is 7.17. The second-order valence-corrected chi connectivity index (χ2v) is 8.17. The van der Waals surface area contributed by atoms with Gasteiger partial charge in [-0.15, -0.1) is 0 Å². The predicted molar refractivity (Wildman–Crippen MR) is 106 cm³/mol. The fraction of sp³-hybridized carbons (Fsp3) is 0.435. The minimum Gasteiger partial charge on any atom is -0.481 e. The Morgan fingerprint density at radius 3 is 2.28 bits per heavy atom. The molecular weight excluding hydrogens is 436 g/mol. The Balaban J connectivity index is 1.91. The second kappa shape index (κ2) is 9.52. The minimum absolute atomic E-state index is 0.0451. The largest absolute Gasteiger partial charge is 0.481 e. The van der Waals surface area contributed by atoms with Crippen molar-refractivity contribution in [1.82, 2.24) is 4.90 Å². The number of hydrogen-bond acceptors (Lipinski definition) is 2. The van der Waals surface area contributed by atoms with E-state index in [2.05, 4.69) is 0 Å². The van der Waals surface area contributed by atoms with Crippen LogP contribution in [0.4, 0.5) is 26.3 Å². The van der Waals surface area contributed by atoms with Crippen molar-refractivity contribution in [3.8, 4) is 0 Å². The summed E-state index contributed by atoms with van der Waals surface area (Å²) < 4.78 is 80.0. The Labute approximate surface area is 181 Å². The van der Waals surface area contributed by atoms with Crippen molar-refractivity contribution in [2.45, 2.75) is 50.6 Å². The first-order valence-electron chi connectivity index (χ1n) is 10.2. The van der Waals surface area contributed by atoms with Crippen LogP contribution < -0.4 is 0 Å². The lowest BCUT2D eigenvalue weighted by molar-refractivity contribution is -0.142. The number of likely N-dealkylation sites (tertiary alicyclic amines) is 1. The van der Waals surface area contributed by atoms with Gasteiger partial charge < -0.3 is 5.11 Å². The van der Waals surface area contributed by atoms with Crippen LogP contribution in [0.3, 0.4) is 0 Å². The van der Waals surface area contributed by atoms with E-state index in [0.717, 1.165) is 5.56 Å². The highest BCUT2D eigenvalue weighted by atomic mass is 19.4. The van der Waals surface area contributed by atoms with Crippen LogP contribution in [0.5, 0.6) is 0 Å². The van der Waals surface area contributed by atoms with E-state index in [1.165, 1.54) is 0 Å². The van der Waals surface area contributed by atoms with Gasteiger partial charge in [0, 0.05) is 19.0 Å². The molecule has 1 aliphatic heterocycles. The van der Waals surface area contributed by atoms with Crippen LogP contribution in [0.25, 0.3) is 0 Å². The summed E-state index contributed by atoms with van der Waals surface area (Å²) in [5.74, 6) is -1.08. The third kappa shape index (κ3) is 6.25. The number of carboxylic acid groups (broad SMARTS) is 1. The maximum absolute atomic E-state index is 13.5. The van der Waals surface area contributed by atoms with Crippen molar-refractivity contribution in [3.63, 3.8) is 0 Å². The molecule has 0 aromatic heterocycles. The maximum atomic E-state index is 13.5. The molecule has 1 unspecified atom stereocenters. The van der Waals surface area contributed by atoms with Gasteiger partial charge in [0.1, 0.15) is 0 Å². The highest BCUT2D eigenvalue weighted by molar-refractivity contribution is 5.67. The molecule has 3 rings (SSSR count). The lowest BCUT2D eigenvalue weighted by atomic mass is 9.85. The fourth-order valence-electron chi connectivity index (χ4n) is 4.32. The van der Waals surface area contributed by atoms with Gasteiger partial charge in [-0.2, -0.15) is 26.3 Å². The summed E-state index contributed by atoms with van der Waals surface area (Å²) in [7, 11) is 0. The number of nitrogens with zero attached hydrogens (tertiary/aromatic N) is 1. The standard InChI is InChI=1S/C23H23F6NO2/c24-22(25,26)18-6-7-20(23(27,28)29)17(13-18)14-30-9-8-16(12-21(31)32)11-19(30)10-15-4-2-1-3-5-15/h1-7,13,16,19H,8-12,14H2,(H,31,32)/t16-,19?/m0/s1. The zero-order valence-corrected chi connectivity index (χ0v) is 17.1. The van der Waals surface area contributed by atoms with E-state index in [0.29, 0.717) is 44.0 Å². The topological polar surface area (TPSA) is 40.5 Å². The first-order valence-corrected chi connectivity index (χ1v) is 10.2. The monoisotopic (exact) mass is 459 g/mol. The number of carboxylic acids is 1. The molecule has 1 N–H and O–H groups in total. The number of halogens is 6. The van der Waals surface area contributed by atoms with Crippen molar-refractivity contribution in [3.05, 3.63) is 70.8 Å². The van der Waals surface area contributed by atoms with Crippen molar-refractivity contribution < 1.29 is 36.2 Å². The molecule has 0 aliphatic carbocycles. The van der Waals surface area contributed by atoms with Gasteiger partial charge in [0.05, 0.1) is 11.1 Å². The summed E-state index contributed by atoms with van der Waals surface area (Å²) in [6.07, 6.45) is -8.21. The molecule has 1 aliphatic rings. The number of piperidine rings is 1. The van der Waals surface area contributed by atoms with Crippen molar-refractivity contribution in [2.24, 2.45) is 5.92 Å². The number of benzene rings is 2. The number of hydrogen-bond donors (Lipinski definition) is 1. The van der Waals surface area contributed by atoms with Gasteiger partial charge in [-0.3, -0.25) is 9.69 Å². The van der Waals surface area contributed by atoms with Crippen molar-refractivity contribution >= 4 is 5.97 Å². The Morgan fingerprint density at radius 2 is 1.69 bits per heavy atom. The third-order valence-corrected chi connectivity index (χ3v) is 5.84. The Hall–Kier alpha value is -2.55. The molecule has 0 amide bonds. The van der Waals surface area contributed by atoms with Crippen molar-refractivity contribution in [2.75, 3.05) is 6.54 Å². The average Bonchev–Trinajstić information content (AvgIpc) is 2.69. The summed E-state index contributed by atoms with van der Waals surface area (Å²) in [5, 5.41) is 9.13. The third-order valence-electron chi connectivity index (χ3n) is 5.84. The molecule has 1 heterocycles. The smallest absolute Gasteiger partial charge is 0.416 e. The Morgan fingerprint density at radius 1 is 1.00 bits per heavy atom. The molecule has 3 nitrogen and oxygen atoms in total. The van der Waals surface area contributed by atoms with Crippen LogP contribution in [-0.2, 0) is 30.1 Å².